The standard InChI is InChI=1S/C17H17Cl2N3O4S/c1-27-8-6-13(20-17(25)14-3-2-7-26-14)16(24)22-21-15(23)11-9-10(18)4-5-12(11)19/h2-5,7,9,13H,6,8H2,1H3,(H,20,25)(H,21,23)(H,22,24). The molecule has 1 atom stereocenters. The molecular weight excluding hydrogens is 413 g/mol. The monoisotopic (exact) mass is 429 g/mol. The Bertz CT molecular complexity index is 815. The summed E-state index contributed by atoms with van der Waals surface area (Å²) in [5.74, 6) is -1.01. The number of furan rings is 1. The normalized spacial score (nSPS) is 11.5. The van der Waals surface area contributed by atoms with E-state index in [4.69, 9.17) is 27.6 Å². The van der Waals surface area contributed by atoms with Crippen LogP contribution >= 0.6 is 35.0 Å². The summed E-state index contributed by atoms with van der Waals surface area (Å²) >= 11 is 13.3. The van der Waals surface area contributed by atoms with E-state index >= 15 is 0 Å². The van der Waals surface area contributed by atoms with E-state index in [0.29, 0.717) is 17.2 Å². The lowest BCUT2D eigenvalue weighted by Crippen LogP contribution is -2.52. The van der Waals surface area contributed by atoms with Gasteiger partial charge < -0.3 is 9.73 Å². The Morgan fingerprint density at radius 2 is 1.93 bits per heavy atom. The minimum Gasteiger partial charge on any atom is -0.459 e. The van der Waals surface area contributed by atoms with E-state index < -0.39 is 23.8 Å². The number of amides is 3. The third-order valence-corrected chi connectivity index (χ3v) is 4.66. The molecule has 0 aliphatic carbocycles. The first-order valence-electron chi connectivity index (χ1n) is 7.81. The minimum absolute atomic E-state index is 0.0895. The van der Waals surface area contributed by atoms with Crippen molar-refractivity contribution in [1.82, 2.24) is 16.2 Å². The van der Waals surface area contributed by atoms with E-state index in [1.807, 2.05) is 6.26 Å². The fourth-order valence-electron chi connectivity index (χ4n) is 2.09. The van der Waals surface area contributed by atoms with Crippen LogP contribution in [0.4, 0.5) is 0 Å². The molecule has 3 N–H and O–H groups in total. The molecule has 0 fully saturated rings. The summed E-state index contributed by atoms with van der Waals surface area (Å²) in [5.41, 5.74) is 4.68. The molecule has 1 aromatic heterocycles. The number of halogens is 2. The number of carbonyl (C=O) groups is 3. The van der Waals surface area contributed by atoms with E-state index in [-0.39, 0.29) is 16.3 Å². The Kier molecular flexibility index (Phi) is 8.02. The first-order valence-corrected chi connectivity index (χ1v) is 9.96. The fraction of sp³-hybridized carbons (Fsp3) is 0.235. The van der Waals surface area contributed by atoms with Crippen molar-refractivity contribution in [3.05, 3.63) is 58.0 Å². The molecule has 2 rings (SSSR count). The van der Waals surface area contributed by atoms with Crippen LogP contribution in [0.25, 0.3) is 0 Å². The molecule has 1 unspecified atom stereocenters. The van der Waals surface area contributed by atoms with Crippen molar-refractivity contribution < 1.29 is 18.8 Å². The van der Waals surface area contributed by atoms with Gasteiger partial charge in [-0.1, -0.05) is 23.2 Å². The van der Waals surface area contributed by atoms with Gasteiger partial charge >= 0.3 is 0 Å². The summed E-state index contributed by atoms with van der Waals surface area (Å²) < 4.78 is 5.01. The van der Waals surface area contributed by atoms with Crippen molar-refractivity contribution in [2.75, 3.05) is 12.0 Å². The van der Waals surface area contributed by atoms with Crippen LogP contribution in [0.15, 0.2) is 41.0 Å². The average molecular weight is 430 g/mol. The highest BCUT2D eigenvalue weighted by atomic mass is 35.5. The van der Waals surface area contributed by atoms with Crippen LogP contribution in [0.2, 0.25) is 10.0 Å². The maximum Gasteiger partial charge on any atom is 0.287 e. The zero-order valence-electron chi connectivity index (χ0n) is 14.3. The van der Waals surface area contributed by atoms with Gasteiger partial charge in [0.15, 0.2) is 5.76 Å². The SMILES string of the molecule is CSCCC(NC(=O)c1ccco1)C(=O)NNC(=O)c1cc(Cl)ccc1Cl. The molecule has 1 heterocycles. The largest absolute Gasteiger partial charge is 0.459 e. The summed E-state index contributed by atoms with van der Waals surface area (Å²) in [6, 6.07) is 6.61. The van der Waals surface area contributed by atoms with E-state index in [1.54, 1.807) is 12.1 Å². The van der Waals surface area contributed by atoms with Crippen LogP contribution in [0.5, 0.6) is 0 Å². The lowest BCUT2D eigenvalue weighted by molar-refractivity contribution is -0.123. The van der Waals surface area contributed by atoms with E-state index in [2.05, 4.69) is 16.2 Å². The molecule has 144 valence electrons. The minimum atomic E-state index is -0.856. The van der Waals surface area contributed by atoms with E-state index in [9.17, 15) is 14.4 Å². The summed E-state index contributed by atoms with van der Waals surface area (Å²) in [5, 5.41) is 3.11. The Balaban J connectivity index is 1.99. The Labute approximate surface area is 170 Å². The number of hydrogen-bond acceptors (Lipinski definition) is 5. The molecule has 0 bridgehead atoms. The Morgan fingerprint density at radius 3 is 2.59 bits per heavy atom. The molecule has 7 nitrogen and oxygen atoms in total. The topological polar surface area (TPSA) is 100 Å². The highest BCUT2D eigenvalue weighted by Gasteiger charge is 2.23. The first kappa shape index (κ1) is 21.1. The summed E-state index contributed by atoms with van der Waals surface area (Å²) in [6.07, 6.45) is 3.61. The molecule has 0 radical (unpaired) electrons. The Hall–Kier alpha value is -2.16. The zero-order chi connectivity index (χ0) is 19.8. The molecule has 0 aliphatic rings. The molecule has 27 heavy (non-hydrogen) atoms. The second-order valence-electron chi connectivity index (χ2n) is 5.35. The van der Waals surface area contributed by atoms with Crippen LogP contribution < -0.4 is 16.2 Å². The predicted molar refractivity (Wildman–Crippen MR) is 105 cm³/mol. The van der Waals surface area contributed by atoms with Gasteiger partial charge in [-0.3, -0.25) is 25.2 Å². The van der Waals surface area contributed by atoms with E-state index in [0.717, 1.165) is 0 Å². The Morgan fingerprint density at radius 1 is 1.15 bits per heavy atom. The fourth-order valence-corrected chi connectivity index (χ4v) is 2.93. The molecule has 0 saturated heterocycles. The number of rotatable bonds is 7. The molecule has 3 amide bonds. The number of carbonyl (C=O) groups excluding carboxylic acids is 3. The third-order valence-electron chi connectivity index (χ3n) is 3.45. The maximum atomic E-state index is 12.4. The van der Waals surface area contributed by atoms with Gasteiger partial charge in [-0.2, -0.15) is 11.8 Å². The van der Waals surface area contributed by atoms with Crippen LogP contribution in [-0.4, -0.2) is 35.8 Å². The van der Waals surface area contributed by atoms with Crippen LogP contribution in [0.1, 0.15) is 27.3 Å². The second-order valence-corrected chi connectivity index (χ2v) is 7.18. The van der Waals surface area contributed by atoms with Gasteiger partial charge in [0.25, 0.3) is 17.7 Å². The van der Waals surface area contributed by atoms with Crippen molar-refractivity contribution in [3.8, 4) is 0 Å². The van der Waals surface area contributed by atoms with Gasteiger partial charge in [0.2, 0.25) is 0 Å². The van der Waals surface area contributed by atoms with Gasteiger partial charge in [-0.15, -0.1) is 0 Å². The van der Waals surface area contributed by atoms with Crippen molar-refractivity contribution in [2.45, 2.75) is 12.5 Å². The summed E-state index contributed by atoms with van der Waals surface area (Å²) in [4.78, 5) is 36.7. The van der Waals surface area contributed by atoms with E-state index in [1.165, 1.54) is 36.2 Å². The highest BCUT2D eigenvalue weighted by Crippen LogP contribution is 2.20. The second kappa shape index (κ2) is 10.2. The molecule has 0 spiro atoms. The van der Waals surface area contributed by atoms with Crippen molar-refractivity contribution in [3.63, 3.8) is 0 Å². The third kappa shape index (κ3) is 6.20. The smallest absolute Gasteiger partial charge is 0.287 e. The average Bonchev–Trinajstić information content (AvgIpc) is 3.19. The summed E-state index contributed by atoms with van der Waals surface area (Å²) in [6.45, 7) is 0. The number of nitrogens with one attached hydrogen (secondary N) is 3. The molecule has 1 aromatic carbocycles. The lowest BCUT2D eigenvalue weighted by atomic mass is 10.2. The maximum absolute atomic E-state index is 12.4. The number of hydrogen-bond donors (Lipinski definition) is 3. The lowest BCUT2D eigenvalue weighted by Gasteiger charge is -2.18. The van der Waals surface area contributed by atoms with Gasteiger partial charge in [-0.25, -0.2) is 0 Å². The van der Waals surface area contributed by atoms with Gasteiger partial charge in [0.05, 0.1) is 16.8 Å². The summed E-state index contributed by atoms with van der Waals surface area (Å²) in [7, 11) is 0. The van der Waals surface area contributed by atoms with Crippen molar-refractivity contribution >= 4 is 52.7 Å². The van der Waals surface area contributed by atoms with Crippen molar-refractivity contribution in [1.29, 1.82) is 0 Å². The number of hydrazine groups is 1. The van der Waals surface area contributed by atoms with Crippen LogP contribution in [0.3, 0.4) is 0 Å². The first-order chi connectivity index (χ1) is 12.9. The molecule has 2 aromatic rings. The number of thioether (sulfide) groups is 1. The van der Waals surface area contributed by atoms with Gasteiger partial charge in [0.1, 0.15) is 6.04 Å². The van der Waals surface area contributed by atoms with Crippen LogP contribution in [0, 0.1) is 0 Å². The van der Waals surface area contributed by atoms with Gasteiger partial charge in [0, 0.05) is 5.02 Å². The van der Waals surface area contributed by atoms with Gasteiger partial charge in [-0.05, 0) is 48.8 Å². The highest BCUT2D eigenvalue weighted by molar-refractivity contribution is 7.98. The molecule has 0 aliphatic heterocycles. The zero-order valence-corrected chi connectivity index (χ0v) is 16.6. The quantitative estimate of drug-likeness (QED) is 0.587. The molecule has 10 heteroatoms. The number of benzene rings is 1. The molecule has 0 saturated carbocycles. The predicted octanol–water partition coefficient (Wildman–Crippen LogP) is 2.90. The van der Waals surface area contributed by atoms with Crippen LogP contribution in [-0.2, 0) is 4.79 Å². The van der Waals surface area contributed by atoms with Crippen molar-refractivity contribution in [2.24, 2.45) is 0 Å². The molecular formula is C17H17Cl2N3O4S.